The van der Waals surface area contributed by atoms with E-state index in [4.69, 9.17) is 19.0 Å². The fourth-order valence-electron chi connectivity index (χ4n) is 3.85. The van der Waals surface area contributed by atoms with E-state index in [1.807, 2.05) is 6.92 Å². The van der Waals surface area contributed by atoms with Gasteiger partial charge in [-0.3, -0.25) is 0 Å². The van der Waals surface area contributed by atoms with Crippen LogP contribution in [-0.4, -0.2) is 47.2 Å². The smallest absolute Gasteiger partial charge is 0.261 e. The number of nitrogens with zero attached hydrogens (tertiary/aromatic N) is 4. The van der Waals surface area contributed by atoms with Crippen LogP contribution in [0.4, 0.5) is 5.82 Å². The summed E-state index contributed by atoms with van der Waals surface area (Å²) >= 11 is 4.68. The van der Waals surface area contributed by atoms with Crippen LogP contribution in [-0.2, 0) is 9.47 Å². The summed E-state index contributed by atoms with van der Waals surface area (Å²) in [5, 5.41) is 5.05. The predicted octanol–water partition coefficient (Wildman–Crippen LogP) is 4.15. The van der Waals surface area contributed by atoms with Gasteiger partial charge in [0.25, 0.3) is 5.89 Å². The number of ether oxygens (including phenoxy) is 2. The standard InChI is InChI=1S/C19H18I2N4O3/c1-11-22-18(28-24-11)14-9-12-8-13(20)10-15(21)16(12)23-17(14)25-4-2-19(3-5-25)26-6-7-27-19/h8-10H,2-7H2,1H3. The molecule has 5 rings (SSSR count). The van der Waals surface area contributed by atoms with Crippen molar-refractivity contribution in [1.29, 1.82) is 0 Å². The van der Waals surface area contributed by atoms with Crippen molar-refractivity contribution in [2.75, 3.05) is 31.2 Å². The largest absolute Gasteiger partial charge is 0.356 e. The number of fused-ring (bicyclic) bond motifs is 1. The van der Waals surface area contributed by atoms with Crippen molar-refractivity contribution in [2.45, 2.75) is 25.6 Å². The molecular formula is C19H18I2N4O3. The van der Waals surface area contributed by atoms with Gasteiger partial charge < -0.3 is 18.9 Å². The quantitative estimate of drug-likeness (QED) is 0.408. The Morgan fingerprint density at radius 2 is 1.79 bits per heavy atom. The second-order valence-electron chi connectivity index (χ2n) is 7.06. The monoisotopic (exact) mass is 604 g/mol. The Morgan fingerprint density at radius 1 is 1.04 bits per heavy atom. The number of hydrogen-bond donors (Lipinski definition) is 0. The molecule has 1 aromatic carbocycles. The van der Waals surface area contributed by atoms with Crippen LogP contribution in [0.5, 0.6) is 0 Å². The highest BCUT2D eigenvalue weighted by atomic mass is 127. The van der Waals surface area contributed by atoms with E-state index in [1.54, 1.807) is 0 Å². The maximum Gasteiger partial charge on any atom is 0.261 e. The van der Waals surface area contributed by atoms with Crippen LogP contribution in [0.15, 0.2) is 22.7 Å². The molecule has 2 aromatic heterocycles. The Bertz CT molecular complexity index is 1040. The molecule has 0 saturated carbocycles. The van der Waals surface area contributed by atoms with Gasteiger partial charge in [0.05, 0.1) is 24.3 Å². The fourth-order valence-corrected chi connectivity index (χ4v) is 5.86. The Kier molecular flexibility index (Phi) is 4.96. The summed E-state index contributed by atoms with van der Waals surface area (Å²) in [6.07, 6.45) is 1.64. The highest BCUT2D eigenvalue weighted by Crippen LogP contribution is 2.38. The minimum Gasteiger partial charge on any atom is -0.356 e. The molecule has 0 unspecified atom stereocenters. The van der Waals surface area contributed by atoms with Crippen LogP contribution in [0.3, 0.4) is 0 Å². The van der Waals surface area contributed by atoms with Crippen molar-refractivity contribution >= 4 is 61.9 Å². The number of aryl methyl sites for hydroxylation is 1. The number of piperidine rings is 1. The SMILES string of the molecule is Cc1noc(-c2cc3cc(I)cc(I)c3nc2N2CCC3(CC2)OCCO3)n1. The summed E-state index contributed by atoms with van der Waals surface area (Å²) in [5.41, 5.74) is 1.86. The van der Waals surface area contributed by atoms with E-state index in [2.05, 4.69) is 78.4 Å². The van der Waals surface area contributed by atoms with Gasteiger partial charge in [-0.2, -0.15) is 4.98 Å². The molecule has 7 nitrogen and oxygen atoms in total. The number of pyridine rings is 1. The lowest BCUT2D eigenvalue weighted by molar-refractivity contribution is -0.169. The molecule has 4 heterocycles. The van der Waals surface area contributed by atoms with Crippen molar-refractivity contribution in [3.8, 4) is 11.5 Å². The zero-order valence-electron chi connectivity index (χ0n) is 15.2. The molecular weight excluding hydrogens is 586 g/mol. The first kappa shape index (κ1) is 18.9. The lowest BCUT2D eigenvalue weighted by Crippen LogP contribution is -2.45. The van der Waals surface area contributed by atoms with Crippen molar-refractivity contribution in [3.63, 3.8) is 0 Å². The number of aromatic nitrogens is 3. The lowest BCUT2D eigenvalue weighted by Gasteiger charge is -2.38. The number of hydrogen-bond acceptors (Lipinski definition) is 7. The van der Waals surface area contributed by atoms with E-state index < -0.39 is 5.79 Å². The maximum atomic E-state index is 5.87. The molecule has 0 radical (unpaired) electrons. The molecule has 2 aliphatic heterocycles. The van der Waals surface area contributed by atoms with Crippen molar-refractivity contribution in [2.24, 2.45) is 0 Å². The normalized spacial score (nSPS) is 19.0. The van der Waals surface area contributed by atoms with Gasteiger partial charge in [0.15, 0.2) is 11.6 Å². The highest BCUT2D eigenvalue weighted by molar-refractivity contribution is 14.1. The third-order valence-corrected chi connectivity index (χ3v) is 6.66. The van der Waals surface area contributed by atoms with Gasteiger partial charge in [-0.15, -0.1) is 0 Å². The second-order valence-corrected chi connectivity index (χ2v) is 9.47. The summed E-state index contributed by atoms with van der Waals surface area (Å²) < 4.78 is 19.6. The minimum atomic E-state index is -0.418. The zero-order chi connectivity index (χ0) is 19.3. The van der Waals surface area contributed by atoms with E-state index >= 15 is 0 Å². The van der Waals surface area contributed by atoms with Crippen LogP contribution in [0.1, 0.15) is 18.7 Å². The van der Waals surface area contributed by atoms with E-state index in [0.717, 1.165) is 51.8 Å². The van der Waals surface area contributed by atoms with Gasteiger partial charge in [-0.25, -0.2) is 4.98 Å². The topological polar surface area (TPSA) is 73.5 Å². The van der Waals surface area contributed by atoms with Gasteiger partial charge in [0.1, 0.15) is 5.82 Å². The zero-order valence-corrected chi connectivity index (χ0v) is 19.6. The Hall–Kier alpha value is -1.05. The molecule has 2 fully saturated rings. The summed E-state index contributed by atoms with van der Waals surface area (Å²) in [4.78, 5) is 11.8. The van der Waals surface area contributed by atoms with Crippen molar-refractivity contribution in [1.82, 2.24) is 15.1 Å². The average Bonchev–Trinajstić information content (AvgIpc) is 3.31. The first-order chi connectivity index (χ1) is 13.5. The van der Waals surface area contributed by atoms with E-state index in [0.29, 0.717) is 24.9 Å². The van der Waals surface area contributed by atoms with Crippen LogP contribution in [0.25, 0.3) is 22.4 Å². The van der Waals surface area contributed by atoms with Crippen LogP contribution < -0.4 is 4.90 Å². The van der Waals surface area contributed by atoms with Crippen LogP contribution in [0.2, 0.25) is 0 Å². The van der Waals surface area contributed by atoms with Gasteiger partial charge in [-0.05, 0) is 70.3 Å². The van der Waals surface area contributed by atoms with E-state index in [1.165, 1.54) is 3.57 Å². The molecule has 0 atom stereocenters. The summed E-state index contributed by atoms with van der Waals surface area (Å²) in [7, 11) is 0. The molecule has 2 saturated heterocycles. The summed E-state index contributed by atoms with van der Waals surface area (Å²) in [6, 6.07) is 6.39. The van der Waals surface area contributed by atoms with E-state index in [9.17, 15) is 0 Å². The van der Waals surface area contributed by atoms with Crippen LogP contribution in [0, 0.1) is 14.1 Å². The maximum absolute atomic E-state index is 5.87. The average molecular weight is 604 g/mol. The van der Waals surface area contributed by atoms with Gasteiger partial charge in [-0.1, -0.05) is 5.16 Å². The molecule has 146 valence electrons. The first-order valence-corrected chi connectivity index (χ1v) is 11.3. The molecule has 9 heteroatoms. The molecule has 1 spiro atoms. The molecule has 0 N–H and O–H groups in total. The summed E-state index contributed by atoms with van der Waals surface area (Å²) in [6.45, 7) is 4.79. The lowest BCUT2D eigenvalue weighted by atomic mass is 10.0. The molecule has 3 aromatic rings. The predicted molar refractivity (Wildman–Crippen MR) is 121 cm³/mol. The third kappa shape index (κ3) is 3.39. The van der Waals surface area contributed by atoms with E-state index in [-0.39, 0.29) is 0 Å². The minimum absolute atomic E-state index is 0.418. The molecule has 28 heavy (non-hydrogen) atoms. The van der Waals surface area contributed by atoms with Gasteiger partial charge in [0.2, 0.25) is 0 Å². The Morgan fingerprint density at radius 3 is 2.46 bits per heavy atom. The number of rotatable bonds is 2. The second kappa shape index (κ2) is 7.33. The van der Waals surface area contributed by atoms with Crippen molar-refractivity contribution in [3.05, 3.63) is 31.2 Å². The van der Waals surface area contributed by atoms with Crippen molar-refractivity contribution < 1.29 is 14.0 Å². The van der Waals surface area contributed by atoms with Gasteiger partial charge >= 0.3 is 0 Å². The summed E-state index contributed by atoms with van der Waals surface area (Å²) in [5.74, 6) is 1.58. The fraction of sp³-hybridized carbons (Fsp3) is 0.421. The molecule has 0 aliphatic carbocycles. The van der Waals surface area contributed by atoms with Gasteiger partial charge in [0, 0.05) is 38.5 Å². The Labute approximate surface area is 189 Å². The highest BCUT2D eigenvalue weighted by Gasteiger charge is 2.40. The van der Waals surface area contributed by atoms with Crippen LogP contribution >= 0.6 is 45.2 Å². The molecule has 0 bridgehead atoms. The third-order valence-electron chi connectivity index (χ3n) is 5.21. The first-order valence-electron chi connectivity index (χ1n) is 9.16. The number of halogens is 2. The molecule has 2 aliphatic rings. The number of anilines is 1. The number of benzene rings is 1. The molecule has 0 amide bonds. The Balaban J connectivity index is 1.60.